The van der Waals surface area contributed by atoms with Gasteiger partial charge in [0.25, 0.3) is 11.8 Å². The number of benzene rings is 3. The van der Waals surface area contributed by atoms with Gasteiger partial charge in [-0.2, -0.15) is 4.98 Å². The summed E-state index contributed by atoms with van der Waals surface area (Å²) >= 11 is 0. The molecule has 14 heteroatoms. The minimum absolute atomic E-state index is 0.0193. The Morgan fingerprint density at radius 2 is 1.62 bits per heavy atom. The number of hydrogen-bond donors (Lipinski definition) is 2. The predicted molar refractivity (Wildman–Crippen MR) is 189 cm³/mol. The van der Waals surface area contributed by atoms with Gasteiger partial charge >= 0.3 is 0 Å². The summed E-state index contributed by atoms with van der Waals surface area (Å²) < 4.78 is 17.1. The van der Waals surface area contributed by atoms with Gasteiger partial charge in [-0.3, -0.25) is 29.4 Å². The molecule has 0 radical (unpaired) electrons. The molecule has 2 aromatic heterocycles. The maximum Gasteiger partial charge on any atom is 0.262 e. The molecule has 3 aliphatic rings. The Kier molecular flexibility index (Phi) is 8.70. The SMILES string of the molecule is C=CC(c1ccc(Oc2ccc(-c3noc(C)n3)nn2)cc1)c1ccc(OC2CC(Nc3ccc4c(c3)C(=O)N(C3CCC(=O)NC3=O)C4=O)C2)cc1. The maximum absolute atomic E-state index is 13.2. The van der Waals surface area contributed by atoms with Gasteiger partial charge in [-0.25, -0.2) is 0 Å². The van der Waals surface area contributed by atoms with E-state index in [1.54, 1.807) is 37.3 Å². The first-order chi connectivity index (χ1) is 25.7. The van der Waals surface area contributed by atoms with Crippen LogP contribution in [0.2, 0.25) is 0 Å². The molecule has 53 heavy (non-hydrogen) atoms. The molecule has 2 atom stereocenters. The van der Waals surface area contributed by atoms with Crippen molar-refractivity contribution >= 4 is 29.3 Å². The molecule has 14 nitrogen and oxygen atoms in total. The molecule has 2 aliphatic heterocycles. The third-order valence-corrected chi connectivity index (χ3v) is 9.54. The predicted octanol–water partition coefficient (Wildman–Crippen LogP) is 5.37. The summed E-state index contributed by atoms with van der Waals surface area (Å²) in [5.74, 6) is 0.390. The summed E-state index contributed by atoms with van der Waals surface area (Å²) in [7, 11) is 0. The minimum atomic E-state index is -0.994. The van der Waals surface area contributed by atoms with Gasteiger partial charge in [-0.15, -0.1) is 16.8 Å². The first-order valence-electron chi connectivity index (χ1n) is 17.2. The number of nitrogens with one attached hydrogen (secondary N) is 2. The van der Waals surface area contributed by atoms with Crippen LogP contribution in [0.15, 0.2) is 96.0 Å². The number of aromatic nitrogens is 4. The largest absolute Gasteiger partial charge is 0.490 e. The molecule has 266 valence electrons. The second-order valence-electron chi connectivity index (χ2n) is 13.1. The summed E-state index contributed by atoms with van der Waals surface area (Å²) in [5, 5.41) is 17.7. The number of piperidine rings is 1. The fraction of sp³-hybridized carbons (Fsp3) is 0.231. The van der Waals surface area contributed by atoms with Crippen molar-refractivity contribution in [3.63, 3.8) is 0 Å². The molecule has 8 rings (SSSR count). The molecule has 0 bridgehead atoms. The average molecular weight is 712 g/mol. The van der Waals surface area contributed by atoms with Gasteiger partial charge in [0.2, 0.25) is 29.4 Å². The number of imide groups is 2. The van der Waals surface area contributed by atoms with E-state index in [0.717, 1.165) is 34.6 Å². The molecule has 4 heterocycles. The molecule has 0 spiro atoms. The van der Waals surface area contributed by atoms with Crippen molar-refractivity contribution in [2.24, 2.45) is 0 Å². The van der Waals surface area contributed by atoms with Gasteiger partial charge in [0.1, 0.15) is 29.3 Å². The first kappa shape index (κ1) is 33.4. The fourth-order valence-corrected chi connectivity index (χ4v) is 6.75. The highest BCUT2D eigenvalue weighted by molar-refractivity contribution is 6.23. The fourth-order valence-electron chi connectivity index (χ4n) is 6.75. The van der Waals surface area contributed by atoms with Crippen molar-refractivity contribution in [2.45, 2.75) is 56.7 Å². The van der Waals surface area contributed by atoms with Crippen molar-refractivity contribution in [1.29, 1.82) is 0 Å². The Bertz CT molecular complexity index is 2230. The number of carbonyl (C=O) groups excluding carboxylic acids is 4. The number of anilines is 1. The number of rotatable bonds is 11. The third-order valence-electron chi connectivity index (χ3n) is 9.54. The molecule has 1 saturated heterocycles. The van der Waals surface area contributed by atoms with Crippen LogP contribution in [0.1, 0.15) is 69.3 Å². The van der Waals surface area contributed by atoms with Crippen LogP contribution in [0.3, 0.4) is 0 Å². The van der Waals surface area contributed by atoms with Crippen molar-refractivity contribution < 1.29 is 33.2 Å². The van der Waals surface area contributed by atoms with Crippen LogP contribution in [0.25, 0.3) is 11.5 Å². The quantitative estimate of drug-likeness (QED) is 0.132. The smallest absolute Gasteiger partial charge is 0.262 e. The zero-order valence-electron chi connectivity index (χ0n) is 28.5. The monoisotopic (exact) mass is 711 g/mol. The second kappa shape index (κ2) is 13.8. The molecule has 2 N–H and O–H groups in total. The standard InChI is InChI=1S/C39H33N7O7/c1-3-29(23-6-11-27(12-7-23)52-35-17-14-32(43-44-35)36-40-21(2)53-45-36)22-4-9-26(10-5-22)51-28-18-25(19-28)41-24-8-13-30-31(20-24)39(50)46(38(30)49)33-15-16-34(47)42-37(33)48/h3-14,17,20,25,28-29,33,41H,1,15-16,18-19H2,2H3,(H,42,47,48). The summed E-state index contributed by atoms with van der Waals surface area (Å²) in [6, 6.07) is 23.3. The van der Waals surface area contributed by atoms with E-state index < -0.39 is 29.7 Å². The summed E-state index contributed by atoms with van der Waals surface area (Å²) in [6.45, 7) is 5.77. The van der Waals surface area contributed by atoms with Crippen LogP contribution in [-0.4, -0.2) is 67.1 Å². The molecular weight excluding hydrogens is 678 g/mol. The van der Waals surface area contributed by atoms with E-state index in [-0.39, 0.29) is 42.0 Å². The van der Waals surface area contributed by atoms with Crippen LogP contribution < -0.4 is 20.1 Å². The van der Waals surface area contributed by atoms with E-state index in [1.165, 1.54) is 0 Å². The van der Waals surface area contributed by atoms with Crippen LogP contribution in [-0.2, 0) is 9.59 Å². The van der Waals surface area contributed by atoms with Gasteiger partial charge in [0.15, 0.2) is 0 Å². The highest BCUT2D eigenvalue weighted by Crippen LogP contribution is 2.34. The summed E-state index contributed by atoms with van der Waals surface area (Å²) in [4.78, 5) is 55.2. The van der Waals surface area contributed by atoms with E-state index in [4.69, 9.17) is 14.0 Å². The van der Waals surface area contributed by atoms with Gasteiger partial charge in [-0.1, -0.05) is 35.5 Å². The number of allylic oxidation sites excluding steroid dienone is 1. The highest BCUT2D eigenvalue weighted by atomic mass is 16.5. The maximum atomic E-state index is 13.2. The van der Waals surface area contributed by atoms with E-state index in [9.17, 15) is 19.2 Å². The van der Waals surface area contributed by atoms with Crippen molar-refractivity contribution in [1.82, 2.24) is 30.6 Å². The zero-order chi connectivity index (χ0) is 36.6. The number of amides is 4. The zero-order valence-corrected chi connectivity index (χ0v) is 28.5. The Morgan fingerprint density at radius 1 is 0.906 bits per heavy atom. The van der Waals surface area contributed by atoms with Crippen LogP contribution in [0.5, 0.6) is 17.4 Å². The molecule has 2 unspecified atom stereocenters. The Hall–Kier alpha value is -6.70. The Labute approximate surface area is 303 Å². The molecule has 2 fully saturated rings. The molecule has 5 aromatic rings. The van der Waals surface area contributed by atoms with Gasteiger partial charge in [0, 0.05) is 49.9 Å². The topological polar surface area (TPSA) is 179 Å². The van der Waals surface area contributed by atoms with Crippen molar-refractivity contribution in [3.8, 4) is 28.9 Å². The number of nitrogens with zero attached hydrogens (tertiary/aromatic N) is 5. The normalized spacial score (nSPS) is 19.9. The average Bonchev–Trinajstić information content (AvgIpc) is 3.69. The summed E-state index contributed by atoms with van der Waals surface area (Å²) in [5.41, 5.74) is 3.79. The van der Waals surface area contributed by atoms with Crippen LogP contribution in [0.4, 0.5) is 5.69 Å². The Balaban J connectivity index is 0.827. The number of ether oxygens (including phenoxy) is 2. The van der Waals surface area contributed by atoms with E-state index in [2.05, 4.69) is 37.6 Å². The lowest BCUT2D eigenvalue weighted by molar-refractivity contribution is -0.136. The number of fused-ring (bicyclic) bond motifs is 1. The molecular formula is C39H33N7O7. The lowest BCUT2D eigenvalue weighted by Gasteiger charge is -2.36. The molecule has 3 aromatic carbocycles. The van der Waals surface area contributed by atoms with Gasteiger partial charge < -0.3 is 19.3 Å². The van der Waals surface area contributed by atoms with Crippen molar-refractivity contribution in [3.05, 3.63) is 120 Å². The van der Waals surface area contributed by atoms with Gasteiger partial charge in [-0.05, 0) is 66.1 Å². The van der Waals surface area contributed by atoms with E-state index in [0.29, 0.717) is 34.7 Å². The number of hydrogen-bond acceptors (Lipinski definition) is 12. The second-order valence-corrected chi connectivity index (χ2v) is 13.1. The van der Waals surface area contributed by atoms with E-state index in [1.807, 2.05) is 54.6 Å². The first-order valence-corrected chi connectivity index (χ1v) is 17.2. The lowest BCUT2D eigenvalue weighted by Crippen LogP contribution is -2.54. The Morgan fingerprint density at radius 3 is 2.26 bits per heavy atom. The molecule has 1 aliphatic carbocycles. The highest BCUT2D eigenvalue weighted by Gasteiger charge is 2.44. The summed E-state index contributed by atoms with van der Waals surface area (Å²) in [6.07, 6.45) is 3.62. The number of aryl methyl sites for hydroxylation is 1. The van der Waals surface area contributed by atoms with Gasteiger partial charge in [0.05, 0.1) is 11.1 Å². The third kappa shape index (κ3) is 6.73. The minimum Gasteiger partial charge on any atom is -0.490 e. The molecule has 1 saturated carbocycles. The number of carbonyl (C=O) groups is 4. The van der Waals surface area contributed by atoms with Crippen LogP contribution in [0, 0.1) is 6.92 Å². The van der Waals surface area contributed by atoms with Crippen molar-refractivity contribution in [2.75, 3.05) is 5.32 Å². The van der Waals surface area contributed by atoms with Crippen LogP contribution >= 0.6 is 0 Å². The molecule has 4 amide bonds. The van der Waals surface area contributed by atoms with E-state index >= 15 is 0 Å². The lowest BCUT2D eigenvalue weighted by atomic mass is 9.88.